The van der Waals surface area contributed by atoms with E-state index < -0.39 is 0 Å². The average molecular weight is 441 g/mol. The summed E-state index contributed by atoms with van der Waals surface area (Å²) < 4.78 is 11.9. The summed E-state index contributed by atoms with van der Waals surface area (Å²) >= 11 is 0. The Morgan fingerprint density at radius 3 is 1.97 bits per heavy atom. The number of nitrogens with two attached hydrogens (primary N) is 1. The molecule has 0 bridgehead atoms. The Balaban J connectivity index is 1.12. The van der Waals surface area contributed by atoms with Crippen molar-refractivity contribution < 1.29 is 9.47 Å². The lowest BCUT2D eigenvalue weighted by Gasteiger charge is -2.32. The van der Waals surface area contributed by atoms with Gasteiger partial charge in [-0.15, -0.1) is 15.0 Å². The van der Waals surface area contributed by atoms with E-state index in [2.05, 4.69) is 56.8 Å². The van der Waals surface area contributed by atoms with E-state index in [9.17, 15) is 0 Å². The predicted octanol–water partition coefficient (Wildman–Crippen LogP) is 3.80. The fourth-order valence-corrected chi connectivity index (χ4v) is 4.39. The van der Waals surface area contributed by atoms with Crippen LogP contribution >= 0.6 is 0 Å². The lowest BCUT2D eigenvalue weighted by atomic mass is 9.88. The molecule has 0 saturated heterocycles. The molecule has 0 aliphatic heterocycles. The van der Waals surface area contributed by atoms with E-state index >= 15 is 0 Å². The van der Waals surface area contributed by atoms with Gasteiger partial charge in [0.2, 0.25) is 5.88 Å². The second-order valence-corrected chi connectivity index (χ2v) is 8.75. The molecular formula is C25H24N6O2. The molecule has 0 spiro atoms. The Hall–Kier alpha value is -3.78. The third-order valence-electron chi connectivity index (χ3n) is 6.47. The number of ether oxygens (including phenoxy) is 2. The van der Waals surface area contributed by atoms with E-state index in [1.807, 2.05) is 12.1 Å². The van der Waals surface area contributed by atoms with E-state index in [-0.39, 0.29) is 11.5 Å². The summed E-state index contributed by atoms with van der Waals surface area (Å²) in [7, 11) is 0. The van der Waals surface area contributed by atoms with Crippen LogP contribution in [0.3, 0.4) is 0 Å². The van der Waals surface area contributed by atoms with Crippen LogP contribution in [0.1, 0.15) is 36.8 Å². The lowest BCUT2D eigenvalue weighted by molar-refractivity contribution is 0.101. The first-order chi connectivity index (χ1) is 16.2. The number of benzene rings is 2. The molecule has 8 nitrogen and oxygen atoms in total. The Morgan fingerprint density at radius 1 is 0.788 bits per heavy atom. The molecule has 2 fully saturated rings. The van der Waals surface area contributed by atoms with Crippen LogP contribution in [-0.4, -0.2) is 37.3 Å². The van der Waals surface area contributed by atoms with Gasteiger partial charge in [0.05, 0.1) is 12.4 Å². The minimum atomic E-state index is 0.0775. The van der Waals surface area contributed by atoms with Crippen LogP contribution in [0.4, 0.5) is 0 Å². The fraction of sp³-hybridized carbons (Fsp3) is 0.280. The van der Waals surface area contributed by atoms with Crippen LogP contribution in [-0.2, 0) is 5.41 Å². The second kappa shape index (κ2) is 7.97. The van der Waals surface area contributed by atoms with Crippen molar-refractivity contribution in [3.63, 3.8) is 0 Å². The molecule has 33 heavy (non-hydrogen) atoms. The largest absolute Gasteiger partial charge is 0.490 e. The number of rotatable bonds is 7. The Labute approximate surface area is 191 Å². The van der Waals surface area contributed by atoms with Crippen LogP contribution in [0.5, 0.6) is 17.4 Å². The number of hydrogen-bond acceptors (Lipinski definition) is 7. The molecule has 166 valence electrons. The van der Waals surface area contributed by atoms with Crippen molar-refractivity contribution >= 4 is 0 Å². The highest BCUT2D eigenvalue weighted by Crippen LogP contribution is 2.53. The third-order valence-corrected chi connectivity index (χ3v) is 6.47. The smallest absolute Gasteiger partial charge is 0.238 e. The minimum absolute atomic E-state index is 0.0775. The molecule has 0 radical (unpaired) electrons. The Bertz CT molecular complexity index is 1210. The quantitative estimate of drug-likeness (QED) is 0.466. The van der Waals surface area contributed by atoms with Crippen LogP contribution in [0, 0.1) is 0 Å². The van der Waals surface area contributed by atoms with Gasteiger partial charge in [-0.3, -0.25) is 0 Å². The van der Waals surface area contributed by atoms with Crippen LogP contribution in [0.2, 0.25) is 0 Å². The topological polar surface area (TPSA) is 101 Å². The Morgan fingerprint density at radius 2 is 1.42 bits per heavy atom. The van der Waals surface area contributed by atoms with Gasteiger partial charge in [-0.2, -0.15) is 10.2 Å². The Kier molecular flexibility index (Phi) is 4.80. The summed E-state index contributed by atoms with van der Waals surface area (Å²) in [6, 6.07) is 20.6. The standard InChI is InChI=1S/C25H24N6O2/c26-19-15-22(16-19)32-20-5-1-17(2-6-20)25(11-12-25)18-3-7-21(8-4-18)33-24-10-9-23(29-30-24)31-27-13-14-28-31/h1-10,13-14,19,22H,11-12,15-16,26H2. The molecule has 0 amide bonds. The second-order valence-electron chi connectivity index (χ2n) is 8.75. The van der Waals surface area contributed by atoms with Crippen molar-refractivity contribution in [3.8, 4) is 23.2 Å². The van der Waals surface area contributed by atoms with Gasteiger partial charge < -0.3 is 15.2 Å². The maximum Gasteiger partial charge on any atom is 0.238 e. The molecule has 2 saturated carbocycles. The molecule has 2 N–H and O–H groups in total. The normalized spacial score (nSPS) is 20.6. The maximum absolute atomic E-state index is 6.00. The van der Waals surface area contributed by atoms with Gasteiger partial charge in [-0.1, -0.05) is 24.3 Å². The summed E-state index contributed by atoms with van der Waals surface area (Å²) in [5, 5.41) is 16.3. The predicted molar refractivity (Wildman–Crippen MR) is 122 cm³/mol. The molecule has 2 aliphatic carbocycles. The van der Waals surface area contributed by atoms with Gasteiger partial charge in [0.1, 0.15) is 17.6 Å². The van der Waals surface area contributed by atoms with Gasteiger partial charge in [-0.05, 0) is 67.1 Å². The van der Waals surface area contributed by atoms with E-state index in [4.69, 9.17) is 15.2 Å². The molecular weight excluding hydrogens is 416 g/mol. The zero-order valence-electron chi connectivity index (χ0n) is 18.0. The molecule has 6 rings (SSSR count). The summed E-state index contributed by atoms with van der Waals surface area (Å²) in [6.07, 6.45) is 7.60. The van der Waals surface area contributed by atoms with Gasteiger partial charge in [0.25, 0.3) is 0 Å². The summed E-state index contributed by atoms with van der Waals surface area (Å²) in [5.41, 5.74) is 8.54. The highest BCUT2D eigenvalue weighted by atomic mass is 16.5. The maximum atomic E-state index is 6.00. The van der Waals surface area contributed by atoms with Crippen molar-refractivity contribution in [2.24, 2.45) is 5.73 Å². The van der Waals surface area contributed by atoms with Gasteiger partial charge in [0.15, 0.2) is 5.82 Å². The molecule has 0 atom stereocenters. The monoisotopic (exact) mass is 440 g/mol. The molecule has 4 aromatic rings. The SMILES string of the molecule is NC1CC(Oc2ccc(C3(c4ccc(Oc5ccc(-n6nccn6)nn5)cc4)CC3)cc2)C1. The summed E-state index contributed by atoms with van der Waals surface area (Å²) in [5.74, 6) is 2.59. The van der Waals surface area contributed by atoms with E-state index in [1.54, 1.807) is 24.5 Å². The van der Waals surface area contributed by atoms with Crippen molar-refractivity contribution in [1.29, 1.82) is 0 Å². The first-order valence-corrected chi connectivity index (χ1v) is 11.2. The van der Waals surface area contributed by atoms with Crippen molar-refractivity contribution in [2.45, 2.75) is 43.2 Å². The third kappa shape index (κ3) is 3.93. The first-order valence-electron chi connectivity index (χ1n) is 11.2. The summed E-state index contributed by atoms with van der Waals surface area (Å²) in [6.45, 7) is 0. The van der Waals surface area contributed by atoms with Gasteiger partial charge >= 0.3 is 0 Å². The molecule has 2 aromatic carbocycles. The number of aromatic nitrogens is 5. The van der Waals surface area contributed by atoms with Crippen LogP contribution in [0.25, 0.3) is 5.82 Å². The lowest BCUT2D eigenvalue weighted by Crippen LogP contribution is -2.43. The number of hydrogen-bond donors (Lipinski definition) is 1. The van der Waals surface area contributed by atoms with Gasteiger partial charge in [0, 0.05) is 17.5 Å². The van der Waals surface area contributed by atoms with Crippen LogP contribution < -0.4 is 15.2 Å². The van der Waals surface area contributed by atoms with Gasteiger partial charge in [-0.25, -0.2) is 0 Å². The highest BCUT2D eigenvalue weighted by molar-refractivity contribution is 5.48. The van der Waals surface area contributed by atoms with E-state index in [0.29, 0.717) is 17.7 Å². The van der Waals surface area contributed by atoms with E-state index in [1.165, 1.54) is 15.9 Å². The fourth-order valence-electron chi connectivity index (χ4n) is 4.39. The van der Waals surface area contributed by atoms with Crippen molar-refractivity contribution in [2.75, 3.05) is 0 Å². The molecule has 2 aliphatic rings. The molecule has 0 unspecified atom stereocenters. The van der Waals surface area contributed by atoms with E-state index in [0.717, 1.165) is 37.2 Å². The molecule has 2 aromatic heterocycles. The minimum Gasteiger partial charge on any atom is -0.490 e. The zero-order valence-corrected chi connectivity index (χ0v) is 18.0. The summed E-state index contributed by atoms with van der Waals surface area (Å²) in [4.78, 5) is 1.40. The first kappa shape index (κ1) is 19.9. The molecule has 2 heterocycles. The van der Waals surface area contributed by atoms with Crippen molar-refractivity contribution in [1.82, 2.24) is 25.2 Å². The zero-order chi connectivity index (χ0) is 22.3. The number of nitrogens with zero attached hydrogens (tertiary/aromatic N) is 5. The highest BCUT2D eigenvalue weighted by Gasteiger charge is 2.45. The van der Waals surface area contributed by atoms with Crippen LogP contribution in [0.15, 0.2) is 73.1 Å². The average Bonchev–Trinajstić information content (AvgIpc) is 3.45. The molecule has 8 heteroatoms. The van der Waals surface area contributed by atoms with Crippen molar-refractivity contribution in [3.05, 3.63) is 84.2 Å².